The molecule has 7 nitrogen and oxygen atoms in total. The first kappa shape index (κ1) is 26.9. The van der Waals surface area contributed by atoms with Crippen LogP contribution in [0.1, 0.15) is 28.2 Å². The van der Waals surface area contributed by atoms with Gasteiger partial charge in [0, 0.05) is 53.5 Å². The zero-order valence-corrected chi connectivity index (χ0v) is 22.1. The Morgan fingerprint density at radius 2 is 1.87 bits per heavy atom. The molecule has 1 amide bonds. The van der Waals surface area contributed by atoms with Crippen LogP contribution in [0.3, 0.4) is 0 Å². The predicted molar refractivity (Wildman–Crippen MR) is 146 cm³/mol. The van der Waals surface area contributed by atoms with Gasteiger partial charge in [-0.25, -0.2) is 10.4 Å². The number of carbonyl (C=O) groups excluding carboxylic acids is 1. The van der Waals surface area contributed by atoms with E-state index >= 15 is 0 Å². The van der Waals surface area contributed by atoms with Crippen LogP contribution in [0.4, 0.5) is 29.7 Å². The number of hydrazone groups is 1. The monoisotopic (exact) mass is 540 g/mol. The number of thiazole rings is 1. The molecule has 2 aromatic carbocycles. The number of amides is 1. The Hall–Kier alpha value is -4.12. The predicted octanol–water partition coefficient (Wildman–Crippen LogP) is 6.07. The minimum Gasteiger partial charge on any atom is -0.378 e. The van der Waals surface area contributed by atoms with E-state index < -0.39 is 11.7 Å². The molecule has 198 valence electrons. The van der Waals surface area contributed by atoms with Crippen molar-refractivity contribution in [2.45, 2.75) is 26.4 Å². The van der Waals surface area contributed by atoms with Crippen LogP contribution in [0.5, 0.6) is 0 Å². The zero-order chi connectivity index (χ0) is 27.4. The summed E-state index contributed by atoms with van der Waals surface area (Å²) >= 11 is 1.20. The Kier molecular flexibility index (Phi) is 7.86. The molecule has 0 fully saturated rings. The van der Waals surface area contributed by atoms with Crippen LogP contribution in [0.15, 0.2) is 65.1 Å². The summed E-state index contributed by atoms with van der Waals surface area (Å²) < 4.78 is 40.9. The maximum atomic E-state index is 12.9. The Balaban J connectivity index is 1.35. The molecule has 0 saturated heterocycles. The third-order valence-electron chi connectivity index (χ3n) is 5.82. The molecule has 4 rings (SSSR count). The average molecular weight is 541 g/mol. The molecular weight excluding hydrogens is 513 g/mol. The second-order valence-corrected chi connectivity index (χ2v) is 9.75. The van der Waals surface area contributed by atoms with Crippen LogP contribution in [0, 0.1) is 13.8 Å². The van der Waals surface area contributed by atoms with Crippen molar-refractivity contribution >= 4 is 40.0 Å². The van der Waals surface area contributed by atoms with Gasteiger partial charge >= 0.3 is 6.18 Å². The van der Waals surface area contributed by atoms with E-state index in [9.17, 15) is 18.0 Å². The van der Waals surface area contributed by atoms with Gasteiger partial charge in [-0.05, 0) is 62.4 Å². The lowest BCUT2D eigenvalue weighted by Gasteiger charge is -2.14. The van der Waals surface area contributed by atoms with E-state index in [2.05, 4.69) is 49.7 Å². The SMILES string of the molecule is Cc1cc(/C=N\NC(=O)Cc2csc(Nc3cccc(C(F)(F)F)c3)n2)c(C)n1-c1ccc(N(C)C)cc1. The van der Waals surface area contributed by atoms with Crippen molar-refractivity contribution in [1.29, 1.82) is 0 Å². The first-order valence-electron chi connectivity index (χ1n) is 11.7. The fourth-order valence-corrected chi connectivity index (χ4v) is 4.67. The van der Waals surface area contributed by atoms with E-state index in [0.29, 0.717) is 10.8 Å². The Morgan fingerprint density at radius 3 is 2.55 bits per heavy atom. The third-order valence-corrected chi connectivity index (χ3v) is 6.63. The summed E-state index contributed by atoms with van der Waals surface area (Å²) in [6.45, 7) is 4.00. The smallest absolute Gasteiger partial charge is 0.378 e. The highest BCUT2D eigenvalue weighted by Gasteiger charge is 2.30. The van der Waals surface area contributed by atoms with E-state index in [0.717, 1.165) is 40.5 Å². The summed E-state index contributed by atoms with van der Waals surface area (Å²) in [6, 6.07) is 15.1. The van der Waals surface area contributed by atoms with E-state index in [1.165, 1.54) is 23.5 Å². The molecule has 2 heterocycles. The number of carbonyl (C=O) groups is 1. The van der Waals surface area contributed by atoms with Crippen LogP contribution >= 0.6 is 11.3 Å². The van der Waals surface area contributed by atoms with Gasteiger partial charge in [0.25, 0.3) is 0 Å². The minimum absolute atomic E-state index is 0.0185. The van der Waals surface area contributed by atoms with Crippen LogP contribution in [0.25, 0.3) is 5.69 Å². The molecule has 0 saturated carbocycles. The van der Waals surface area contributed by atoms with Gasteiger partial charge in [0.05, 0.1) is 23.9 Å². The maximum absolute atomic E-state index is 12.9. The molecule has 0 radical (unpaired) electrons. The number of aromatic nitrogens is 2. The Bertz CT molecular complexity index is 1450. The third kappa shape index (κ3) is 6.41. The minimum atomic E-state index is -4.43. The lowest BCUT2D eigenvalue weighted by atomic mass is 10.2. The number of hydrogen-bond acceptors (Lipinski definition) is 6. The molecule has 2 N–H and O–H groups in total. The molecule has 0 spiro atoms. The molecule has 0 bridgehead atoms. The molecule has 0 atom stereocenters. The van der Waals surface area contributed by atoms with Crippen molar-refractivity contribution in [3.8, 4) is 5.69 Å². The number of rotatable bonds is 8. The standard InChI is InChI=1S/C27H27F3N6OS/c1-17-12-19(18(2)36(17)24-10-8-23(9-11-24)35(3)4)15-31-34-25(37)14-22-16-38-26(33-22)32-21-7-5-6-20(13-21)27(28,29)30/h5-13,15-16H,14H2,1-4H3,(H,32,33)(H,34,37)/b31-15-. The topological polar surface area (TPSA) is 74.5 Å². The number of benzene rings is 2. The number of nitrogens with one attached hydrogen (secondary N) is 2. The van der Waals surface area contributed by atoms with Gasteiger partial charge < -0.3 is 14.8 Å². The lowest BCUT2D eigenvalue weighted by Crippen LogP contribution is -2.20. The van der Waals surface area contributed by atoms with E-state index in [4.69, 9.17) is 0 Å². The second kappa shape index (κ2) is 11.1. The van der Waals surface area contributed by atoms with Crippen LogP contribution in [-0.2, 0) is 17.4 Å². The van der Waals surface area contributed by atoms with E-state index in [-0.39, 0.29) is 18.0 Å². The van der Waals surface area contributed by atoms with Crippen molar-refractivity contribution in [2.75, 3.05) is 24.3 Å². The molecular formula is C27H27F3N6OS. The first-order valence-corrected chi connectivity index (χ1v) is 12.6. The van der Waals surface area contributed by atoms with Crippen LogP contribution in [0.2, 0.25) is 0 Å². The highest BCUT2D eigenvalue weighted by Crippen LogP contribution is 2.32. The number of hydrogen-bond donors (Lipinski definition) is 2. The number of anilines is 3. The van der Waals surface area contributed by atoms with Crippen molar-refractivity contribution < 1.29 is 18.0 Å². The van der Waals surface area contributed by atoms with Gasteiger partial charge in [-0.2, -0.15) is 18.3 Å². The van der Waals surface area contributed by atoms with Crippen molar-refractivity contribution in [3.05, 3.63) is 88.2 Å². The molecule has 0 unspecified atom stereocenters. The van der Waals surface area contributed by atoms with Gasteiger partial charge in [0.2, 0.25) is 5.91 Å². The summed E-state index contributed by atoms with van der Waals surface area (Å²) in [4.78, 5) is 18.7. The van der Waals surface area contributed by atoms with Gasteiger partial charge in [0.1, 0.15) is 0 Å². The number of aryl methyl sites for hydroxylation is 1. The summed E-state index contributed by atoms with van der Waals surface area (Å²) in [7, 11) is 3.99. The van der Waals surface area contributed by atoms with Gasteiger partial charge in [-0.15, -0.1) is 11.3 Å². The Labute approximate surface area is 222 Å². The zero-order valence-electron chi connectivity index (χ0n) is 21.3. The normalized spacial score (nSPS) is 11.7. The molecule has 0 aliphatic carbocycles. The molecule has 38 heavy (non-hydrogen) atoms. The first-order chi connectivity index (χ1) is 18.0. The molecule has 2 aromatic heterocycles. The quantitative estimate of drug-likeness (QED) is 0.210. The average Bonchev–Trinajstić information content (AvgIpc) is 3.41. The maximum Gasteiger partial charge on any atom is 0.416 e. The van der Waals surface area contributed by atoms with Crippen LogP contribution in [-0.4, -0.2) is 35.8 Å². The van der Waals surface area contributed by atoms with E-state index in [1.54, 1.807) is 11.6 Å². The highest BCUT2D eigenvalue weighted by atomic mass is 32.1. The van der Waals surface area contributed by atoms with Crippen LogP contribution < -0.4 is 15.6 Å². The summed E-state index contributed by atoms with van der Waals surface area (Å²) in [5.74, 6) is -0.356. The van der Waals surface area contributed by atoms with Crippen molar-refractivity contribution in [1.82, 2.24) is 15.0 Å². The van der Waals surface area contributed by atoms with Gasteiger partial charge in [0.15, 0.2) is 5.13 Å². The fourth-order valence-electron chi connectivity index (χ4n) is 3.94. The van der Waals surface area contributed by atoms with Gasteiger partial charge in [-0.1, -0.05) is 6.07 Å². The highest BCUT2D eigenvalue weighted by molar-refractivity contribution is 7.13. The molecule has 0 aliphatic rings. The second-order valence-electron chi connectivity index (χ2n) is 8.89. The van der Waals surface area contributed by atoms with Crippen molar-refractivity contribution in [2.24, 2.45) is 5.10 Å². The summed E-state index contributed by atoms with van der Waals surface area (Å²) in [5, 5.41) is 9.02. The Morgan fingerprint density at radius 1 is 1.13 bits per heavy atom. The number of alkyl halides is 3. The fraction of sp³-hybridized carbons (Fsp3) is 0.222. The number of halogens is 3. The molecule has 0 aliphatic heterocycles. The summed E-state index contributed by atoms with van der Waals surface area (Å²) in [6.07, 6.45) is -2.84. The number of nitrogens with zero attached hydrogens (tertiary/aromatic N) is 4. The lowest BCUT2D eigenvalue weighted by molar-refractivity contribution is -0.137. The van der Waals surface area contributed by atoms with E-state index in [1.807, 2.05) is 38.9 Å². The van der Waals surface area contributed by atoms with Crippen molar-refractivity contribution in [3.63, 3.8) is 0 Å². The largest absolute Gasteiger partial charge is 0.416 e. The summed E-state index contributed by atoms with van der Waals surface area (Å²) in [5.41, 5.74) is 7.56. The molecule has 11 heteroatoms. The van der Waals surface area contributed by atoms with Gasteiger partial charge in [-0.3, -0.25) is 4.79 Å². The molecule has 4 aromatic rings.